The van der Waals surface area contributed by atoms with Crippen LogP contribution in [0.3, 0.4) is 0 Å². The first-order chi connectivity index (χ1) is 11.0. The molecule has 124 valence electrons. The molecule has 23 heavy (non-hydrogen) atoms. The fourth-order valence-corrected chi connectivity index (χ4v) is 3.49. The van der Waals surface area contributed by atoms with E-state index in [1.165, 1.54) is 24.5 Å². The topological polar surface area (TPSA) is 88.4 Å². The highest BCUT2D eigenvalue weighted by Gasteiger charge is 2.22. The molecule has 0 spiro atoms. The van der Waals surface area contributed by atoms with E-state index in [-0.39, 0.29) is 16.4 Å². The van der Waals surface area contributed by atoms with E-state index in [0.717, 1.165) is 13.0 Å². The van der Waals surface area contributed by atoms with Gasteiger partial charge in [-0.3, -0.25) is 4.79 Å². The van der Waals surface area contributed by atoms with E-state index in [2.05, 4.69) is 10.6 Å². The van der Waals surface area contributed by atoms with Crippen LogP contribution in [0.15, 0.2) is 52.0 Å². The summed E-state index contributed by atoms with van der Waals surface area (Å²) >= 11 is 0. The van der Waals surface area contributed by atoms with Crippen LogP contribution in [0.1, 0.15) is 22.5 Å². The zero-order valence-corrected chi connectivity index (χ0v) is 13.7. The van der Waals surface area contributed by atoms with Crippen molar-refractivity contribution in [1.29, 1.82) is 0 Å². The molecular weight excluding hydrogens is 316 g/mol. The molecule has 0 saturated heterocycles. The molecule has 0 atom stereocenters. The van der Waals surface area contributed by atoms with Crippen molar-refractivity contribution in [2.75, 3.05) is 20.1 Å². The third-order valence-corrected chi connectivity index (χ3v) is 4.97. The largest absolute Gasteiger partial charge is 0.459 e. The summed E-state index contributed by atoms with van der Waals surface area (Å²) in [4.78, 5) is 12.3. The molecule has 1 amide bonds. The maximum absolute atomic E-state index is 12.4. The maximum Gasteiger partial charge on any atom is 0.287 e. The summed E-state index contributed by atoms with van der Waals surface area (Å²) < 4.78 is 30.0. The molecule has 0 aliphatic carbocycles. The van der Waals surface area contributed by atoms with Gasteiger partial charge in [-0.05, 0) is 38.2 Å². The molecule has 7 heteroatoms. The fourth-order valence-electron chi connectivity index (χ4n) is 2.11. The second kappa shape index (κ2) is 7.94. The van der Waals surface area contributed by atoms with Crippen LogP contribution in [-0.2, 0) is 15.6 Å². The van der Waals surface area contributed by atoms with Crippen molar-refractivity contribution in [3.05, 3.63) is 54.0 Å². The molecule has 0 aliphatic heterocycles. The highest BCUT2D eigenvalue weighted by Crippen LogP contribution is 2.19. The molecule has 0 saturated carbocycles. The van der Waals surface area contributed by atoms with E-state index in [4.69, 9.17) is 4.42 Å². The molecule has 0 aliphatic rings. The minimum atomic E-state index is -3.52. The first-order valence-electron chi connectivity index (χ1n) is 7.31. The Hall–Kier alpha value is -2.12. The molecule has 2 rings (SSSR count). The molecule has 2 N–H and O–H groups in total. The Labute approximate surface area is 135 Å². The molecule has 6 nitrogen and oxygen atoms in total. The van der Waals surface area contributed by atoms with Crippen LogP contribution in [0.25, 0.3) is 0 Å². The van der Waals surface area contributed by atoms with Crippen LogP contribution in [0.4, 0.5) is 0 Å². The van der Waals surface area contributed by atoms with Gasteiger partial charge in [0.15, 0.2) is 15.6 Å². The summed E-state index contributed by atoms with van der Waals surface area (Å²) in [6.45, 7) is 1.28. The van der Waals surface area contributed by atoms with E-state index in [1.54, 1.807) is 18.2 Å². The number of benzene rings is 1. The van der Waals surface area contributed by atoms with Gasteiger partial charge in [0.1, 0.15) is 0 Å². The molecule has 1 aromatic heterocycles. The Balaban J connectivity index is 2.08. The van der Waals surface area contributed by atoms with E-state index >= 15 is 0 Å². The number of rotatable bonds is 8. The Bertz CT molecular complexity index is 738. The molecule has 0 radical (unpaired) electrons. The zero-order valence-electron chi connectivity index (χ0n) is 12.9. The monoisotopic (exact) mass is 336 g/mol. The molecule has 0 unspecified atom stereocenters. The molecule has 0 bridgehead atoms. The quantitative estimate of drug-likeness (QED) is 0.715. The van der Waals surface area contributed by atoms with Crippen LogP contribution in [0.5, 0.6) is 0 Å². The van der Waals surface area contributed by atoms with Crippen molar-refractivity contribution < 1.29 is 17.6 Å². The second-order valence-electron chi connectivity index (χ2n) is 5.06. The fraction of sp³-hybridized carbons (Fsp3) is 0.312. The molecule has 1 heterocycles. The summed E-state index contributed by atoms with van der Waals surface area (Å²) in [5.74, 6) is -0.620. The Morgan fingerprint density at radius 3 is 2.57 bits per heavy atom. The number of hydrogen-bond donors (Lipinski definition) is 2. The lowest BCUT2D eigenvalue weighted by Gasteiger charge is -2.06. The number of sulfone groups is 1. The van der Waals surface area contributed by atoms with Crippen molar-refractivity contribution >= 4 is 15.7 Å². The summed E-state index contributed by atoms with van der Waals surface area (Å²) in [7, 11) is -1.68. The van der Waals surface area contributed by atoms with Crippen molar-refractivity contribution in [2.45, 2.75) is 17.1 Å². The Kier molecular flexibility index (Phi) is 5.95. The average Bonchev–Trinajstić information content (AvgIpc) is 3.00. The van der Waals surface area contributed by atoms with Crippen molar-refractivity contribution in [2.24, 2.45) is 0 Å². The highest BCUT2D eigenvalue weighted by molar-refractivity contribution is 7.90. The first-order valence-corrected chi connectivity index (χ1v) is 8.97. The number of furan rings is 1. The van der Waals surface area contributed by atoms with Gasteiger partial charge in [0.25, 0.3) is 5.91 Å². The number of nitrogens with one attached hydrogen (secondary N) is 2. The smallest absolute Gasteiger partial charge is 0.287 e. The predicted molar refractivity (Wildman–Crippen MR) is 86.9 cm³/mol. The van der Waals surface area contributed by atoms with Crippen molar-refractivity contribution in [1.82, 2.24) is 10.6 Å². The minimum Gasteiger partial charge on any atom is -0.459 e. The van der Waals surface area contributed by atoms with Crippen molar-refractivity contribution in [3.8, 4) is 0 Å². The Morgan fingerprint density at radius 2 is 1.87 bits per heavy atom. The van der Waals surface area contributed by atoms with Gasteiger partial charge in [0.05, 0.1) is 16.9 Å². The van der Waals surface area contributed by atoms with Crippen LogP contribution < -0.4 is 10.6 Å². The molecule has 1 aromatic carbocycles. The molecule has 0 fully saturated rings. The van der Waals surface area contributed by atoms with E-state index in [9.17, 15) is 13.2 Å². The van der Waals surface area contributed by atoms with Crippen LogP contribution in [0.2, 0.25) is 0 Å². The minimum absolute atomic E-state index is 0.0500. The van der Waals surface area contributed by atoms with Gasteiger partial charge >= 0.3 is 0 Å². The van der Waals surface area contributed by atoms with Gasteiger partial charge in [-0.25, -0.2) is 8.42 Å². The van der Waals surface area contributed by atoms with Gasteiger partial charge in [-0.1, -0.05) is 18.2 Å². The normalized spacial score (nSPS) is 11.3. The predicted octanol–water partition coefficient (Wildman–Crippen LogP) is 1.59. The molecule has 2 aromatic rings. The summed E-state index contributed by atoms with van der Waals surface area (Å²) in [6, 6.07) is 9.67. The third-order valence-electron chi connectivity index (χ3n) is 3.29. The van der Waals surface area contributed by atoms with Gasteiger partial charge in [-0.15, -0.1) is 0 Å². The van der Waals surface area contributed by atoms with Crippen LogP contribution >= 0.6 is 0 Å². The zero-order chi connectivity index (χ0) is 16.7. The van der Waals surface area contributed by atoms with Crippen molar-refractivity contribution in [3.63, 3.8) is 0 Å². The van der Waals surface area contributed by atoms with Gasteiger partial charge in [-0.2, -0.15) is 0 Å². The Morgan fingerprint density at radius 1 is 1.13 bits per heavy atom. The molecular formula is C16H20N2O4S. The van der Waals surface area contributed by atoms with E-state index < -0.39 is 15.7 Å². The van der Waals surface area contributed by atoms with Gasteiger partial charge < -0.3 is 15.1 Å². The number of amides is 1. The van der Waals surface area contributed by atoms with Crippen LogP contribution in [-0.4, -0.2) is 34.5 Å². The third kappa shape index (κ3) is 4.67. The highest BCUT2D eigenvalue weighted by atomic mass is 32.2. The summed E-state index contributed by atoms with van der Waals surface area (Å²) in [6.07, 6.45) is 2.11. The van der Waals surface area contributed by atoms with Gasteiger partial charge in [0, 0.05) is 12.1 Å². The second-order valence-corrected chi connectivity index (χ2v) is 7.05. The number of carbonyl (C=O) groups excluding carboxylic acids is 1. The summed E-state index contributed by atoms with van der Waals surface area (Å²) in [5, 5.41) is 5.70. The van der Waals surface area contributed by atoms with E-state index in [0.29, 0.717) is 12.1 Å². The SMILES string of the molecule is CNCCCNC(=O)c1occc1CS(=O)(=O)c1ccccc1. The standard InChI is InChI=1S/C16H20N2O4S/c1-17-9-5-10-18-16(19)15-13(8-11-22-15)12-23(20,21)14-6-3-2-4-7-14/h2-4,6-8,11,17H,5,9-10,12H2,1H3,(H,18,19). The maximum atomic E-state index is 12.4. The number of hydrogen-bond acceptors (Lipinski definition) is 5. The van der Waals surface area contributed by atoms with Gasteiger partial charge in [0.2, 0.25) is 0 Å². The summed E-state index contributed by atoms with van der Waals surface area (Å²) in [5.41, 5.74) is 0.361. The lowest BCUT2D eigenvalue weighted by molar-refractivity contribution is 0.0924. The lowest BCUT2D eigenvalue weighted by Crippen LogP contribution is -2.27. The first kappa shape index (κ1) is 17.2. The number of carbonyl (C=O) groups is 1. The van der Waals surface area contributed by atoms with Crippen LogP contribution in [0, 0.1) is 0 Å². The lowest BCUT2D eigenvalue weighted by atomic mass is 10.2. The average molecular weight is 336 g/mol. The van der Waals surface area contributed by atoms with E-state index in [1.807, 2.05) is 7.05 Å².